The molecule has 1 saturated heterocycles. The van der Waals surface area contributed by atoms with Crippen LogP contribution in [0.3, 0.4) is 0 Å². The van der Waals surface area contributed by atoms with E-state index in [1.165, 1.54) is 11.8 Å². The predicted molar refractivity (Wildman–Crippen MR) is 114 cm³/mol. The van der Waals surface area contributed by atoms with E-state index >= 15 is 0 Å². The topological polar surface area (TPSA) is 87.2 Å². The van der Waals surface area contributed by atoms with E-state index in [0.29, 0.717) is 23.4 Å². The number of amides is 2. The van der Waals surface area contributed by atoms with Gasteiger partial charge in [0.25, 0.3) is 0 Å². The van der Waals surface area contributed by atoms with Crippen molar-refractivity contribution in [2.45, 2.75) is 36.8 Å². The number of nitrogens with one attached hydrogen (secondary N) is 2. The van der Waals surface area contributed by atoms with Gasteiger partial charge in [0, 0.05) is 30.9 Å². The van der Waals surface area contributed by atoms with Crippen molar-refractivity contribution in [2.75, 3.05) is 29.1 Å². The summed E-state index contributed by atoms with van der Waals surface area (Å²) in [7, 11) is 0. The highest BCUT2D eigenvalue weighted by Crippen LogP contribution is 2.25. The molecule has 1 aromatic carbocycles. The molecule has 31 heavy (non-hydrogen) atoms. The molecule has 1 unspecified atom stereocenters. The van der Waals surface area contributed by atoms with Crippen LogP contribution in [0.4, 0.5) is 20.3 Å². The number of piperidine rings is 1. The molecule has 2 N–H and O–H groups in total. The number of hydrogen-bond donors (Lipinski definition) is 2. The third-order valence-electron chi connectivity index (χ3n) is 5.16. The first kappa shape index (κ1) is 21.5. The quantitative estimate of drug-likeness (QED) is 0.635. The SMILES string of the molecule is O=C(CSc1ccc(N2CCCC(C(=O)NC3CC3)C2)nn1)Nc1cc(F)cc(F)c1. The Morgan fingerprint density at radius 1 is 1.10 bits per heavy atom. The van der Waals surface area contributed by atoms with E-state index in [2.05, 4.69) is 25.7 Å². The van der Waals surface area contributed by atoms with E-state index in [-0.39, 0.29) is 23.3 Å². The molecule has 1 aromatic heterocycles. The molecule has 1 aliphatic heterocycles. The predicted octanol–water partition coefficient (Wildman–Crippen LogP) is 2.98. The Kier molecular flexibility index (Phi) is 6.64. The largest absolute Gasteiger partial charge is 0.354 e. The maximum atomic E-state index is 13.2. The molecule has 0 bridgehead atoms. The molecule has 1 atom stereocenters. The van der Waals surface area contributed by atoms with Crippen molar-refractivity contribution in [1.82, 2.24) is 15.5 Å². The number of nitrogens with zero attached hydrogens (tertiary/aromatic N) is 3. The van der Waals surface area contributed by atoms with E-state index < -0.39 is 17.5 Å². The highest BCUT2D eigenvalue weighted by Gasteiger charge is 2.30. The van der Waals surface area contributed by atoms with Crippen molar-refractivity contribution in [2.24, 2.45) is 5.92 Å². The Labute approximate surface area is 183 Å². The number of benzene rings is 1. The van der Waals surface area contributed by atoms with E-state index in [1.807, 2.05) is 6.07 Å². The fraction of sp³-hybridized carbons (Fsp3) is 0.429. The van der Waals surface area contributed by atoms with Gasteiger partial charge in [-0.3, -0.25) is 9.59 Å². The summed E-state index contributed by atoms with van der Waals surface area (Å²) in [5, 5.41) is 14.5. The minimum Gasteiger partial charge on any atom is -0.354 e. The van der Waals surface area contributed by atoms with Crippen LogP contribution in [0.25, 0.3) is 0 Å². The number of carbonyl (C=O) groups is 2. The van der Waals surface area contributed by atoms with E-state index in [4.69, 9.17) is 0 Å². The van der Waals surface area contributed by atoms with Crippen molar-refractivity contribution in [3.63, 3.8) is 0 Å². The van der Waals surface area contributed by atoms with Gasteiger partial charge in [0.1, 0.15) is 16.7 Å². The standard InChI is InChI=1S/C21H23F2N5O2S/c22-14-8-15(23)10-17(9-14)24-19(29)12-31-20-6-5-18(26-27-20)28-7-1-2-13(11-28)21(30)25-16-3-4-16/h5-6,8-10,13,16H,1-4,7,11-12H2,(H,24,29)(H,25,30). The first-order valence-electron chi connectivity index (χ1n) is 10.2. The van der Waals surface area contributed by atoms with Crippen molar-refractivity contribution in [3.05, 3.63) is 42.0 Å². The second kappa shape index (κ2) is 9.59. The molecule has 1 saturated carbocycles. The Morgan fingerprint density at radius 2 is 1.87 bits per heavy atom. The lowest BCUT2D eigenvalue weighted by atomic mass is 9.97. The zero-order valence-corrected chi connectivity index (χ0v) is 17.6. The summed E-state index contributed by atoms with van der Waals surface area (Å²) in [5.74, 6) is -1.10. The van der Waals surface area contributed by atoms with Gasteiger partial charge < -0.3 is 15.5 Å². The molecule has 2 amide bonds. The molecule has 10 heteroatoms. The first-order chi connectivity index (χ1) is 15.0. The maximum absolute atomic E-state index is 13.2. The van der Waals surface area contributed by atoms with Crippen molar-refractivity contribution < 1.29 is 18.4 Å². The van der Waals surface area contributed by atoms with Gasteiger partial charge in [-0.2, -0.15) is 0 Å². The van der Waals surface area contributed by atoms with E-state index in [9.17, 15) is 18.4 Å². The highest BCUT2D eigenvalue weighted by molar-refractivity contribution is 7.99. The van der Waals surface area contributed by atoms with E-state index in [0.717, 1.165) is 50.4 Å². The molecular weight excluding hydrogens is 424 g/mol. The summed E-state index contributed by atoms with van der Waals surface area (Å²) >= 11 is 1.17. The lowest BCUT2D eigenvalue weighted by molar-refractivity contribution is -0.125. The van der Waals surface area contributed by atoms with Crippen LogP contribution in [-0.4, -0.2) is 46.9 Å². The summed E-state index contributed by atoms with van der Waals surface area (Å²) < 4.78 is 26.4. The Morgan fingerprint density at radius 3 is 2.55 bits per heavy atom. The average Bonchev–Trinajstić information content (AvgIpc) is 3.56. The molecule has 2 aromatic rings. The normalized spacial score (nSPS) is 18.5. The third kappa shape index (κ3) is 6.13. The Bertz CT molecular complexity index is 935. The zero-order valence-electron chi connectivity index (χ0n) is 16.8. The van der Waals surface area contributed by atoms with E-state index in [1.54, 1.807) is 6.07 Å². The smallest absolute Gasteiger partial charge is 0.234 e. The molecule has 2 heterocycles. The van der Waals surface area contributed by atoms with Gasteiger partial charge >= 0.3 is 0 Å². The maximum Gasteiger partial charge on any atom is 0.234 e. The summed E-state index contributed by atoms with van der Waals surface area (Å²) in [6.45, 7) is 1.44. The summed E-state index contributed by atoms with van der Waals surface area (Å²) in [6.07, 6.45) is 3.94. The molecule has 0 radical (unpaired) electrons. The molecular formula is C21H23F2N5O2S. The number of thioether (sulfide) groups is 1. The average molecular weight is 448 g/mol. The molecule has 7 nitrogen and oxygen atoms in total. The number of rotatable bonds is 7. The van der Waals surface area contributed by atoms with Crippen molar-refractivity contribution in [3.8, 4) is 0 Å². The summed E-state index contributed by atoms with van der Waals surface area (Å²) in [6, 6.07) is 6.81. The van der Waals surface area contributed by atoms with Crippen LogP contribution < -0.4 is 15.5 Å². The van der Waals surface area contributed by atoms with Crippen LogP contribution in [0.2, 0.25) is 0 Å². The lowest BCUT2D eigenvalue weighted by Gasteiger charge is -2.32. The van der Waals surface area contributed by atoms with Gasteiger partial charge in [-0.25, -0.2) is 8.78 Å². The number of halogens is 2. The fourth-order valence-electron chi connectivity index (χ4n) is 3.47. The van der Waals surface area contributed by atoms with Crippen LogP contribution in [-0.2, 0) is 9.59 Å². The highest BCUT2D eigenvalue weighted by atomic mass is 32.2. The van der Waals surface area contributed by atoms with Gasteiger partial charge in [0.05, 0.1) is 11.7 Å². The minimum atomic E-state index is -0.755. The van der Waals surface area contributed by atoms with Crippen LogP contribution in [0.5, 0.6) is 0 Å². The second-order valence-corrected chi connectivity index (χ2v) is 8.79. The number of hydrogen-bond acceptors (Lipinski definition) is 6. The summed E-state index contributed by atoms with van der Waals surface area (Å²) in [5.41, 5.74) is 0.0647. The fourth-order valence-corrected chi connectivity index (χ4v) is 4.08. The van der Waals surface area contributed by atoms with Crippen LogP contribution >= 0.6 is 11.8 Å². The first-order valence-corrected chi connectivity index (χ1v) is 11.2. The minimum absolute atomic E-state index is 0.0271. The van der Waals surface area contributed by atoms with Crippen molar-refractivity contribution >= 4 is 35.1 Å². The van der Waals surface area contributed by atoms with Crippen LogP contribution in [0.15, 0.2) is 35.4 Å². The third-order valence-corrected chi connectivity index (χ3v) is 6.08. The van der Waals surface area contributed by atoms with Gasteiger partial charge in [-0.15, -0.1) is 10.2 Å². The lowest BCUT2D eigenvalue weighted by Crippen LogP contribution is -2.44. The monoisotopic (exact) mass is 447 g/mol. The second-order valence-electron chi connectivity index (χ2n) is 7.79. The number of anilines is 2. The van der Waals surface area contributed by atoms with Gasteiger partial charge in [-0.05, 0) is 49.9 Å². The molecule has 0 spiro atoms. The Hall–Kier alpha value is -2.75. The molecule has 2 aliphatic rings. The van der Waals surface area contributed by atoms with Gasteiger partial charge in [0.2, 0.25) is 11.8 Å². The van der Waals surface area contributed by atoms with Gasteiger partial charge in [0.15, 0.2) is 5.82 Å². The molecule has 4 rings (SSSR count). The summed E-state index contributed by atoms with van der Waals surface area (Å²) in [4.78, 5) is 26.4. The van der Waals surface area contributed by atoms with Crippen LogP contribution in [0.1, 0.15) is 25.7 Å². The molecule has 164 valence electrons. The number of carbonyl (C=O) groups excluding carboxylic acids is 2. The Balaban J connectivity index is 1.27. The number of aromatic nitrogens is 2. The van der Waals surface area contributed by atoms with Gasteiger partial charge in [-0.1, -0.05) is 11.8 Å². The zero-order chi connectivity index (χ0) is 21.8. The van der Waals surface area contributed by atoms with Crippen molar-refractivity contribution in [1.29, 1.82) is 0 Å². The van der Waals surface area contributed by atoms with Crippen LogP contribution in [0, 0.1) is 17.6 Å². The molecule has 2 fully saturated rings. The molecule has 1 aliphatic carbocycles.